The quantitative estimate of drug-likeness (QED) is 0.687. The smallest absolute Gasteiger partial charge is 0.315 e. The van der Waals surface area contributed by atoms with Crippen molar-refractivity contribution in [1.82, 2.24) is 10.6 Å². The van der Waals surface area contributed by atoms with Crippen molar-refractivity contribution in [3.63, 3.8) is 0 Å². The number of benzene rings is 2. The van der Waals surface area contributed by atoms with Crippen LogP contribution in [0.1, 0.15) is 17.2 Å². The molecular formula is C18H22N2O3. The second kappa shape index (κ2) is 8.80. The number of hydrogen-bond donors (Lipinski definition) is 3. The average molecular weight is 314 g/mol. The summed E-state index contributed by atoms with van der Waals surface area (Å²) in [6.07, 6.45) is 0. The van der Waals surface area contributed by atoms with Crippen molar-refractivity contribution in [1.29, 1.82) is 0 Å². The average Bonchev–Trinajstić information content (AvgIpc) is 2.59. The molecule has 0 aromatic heterocycles. The normalized spacial score (nSPS) is 11.6. The van der Waals surface area contributed by atoms with Crippen molar-refractivity contribution < 1.29 is 14.6 Å². The largest absolute Gasteiger partial charge is 0.492 e. The Labute approximate surface area is 136 Å². The molecule has 2 rings (SSSR count). The number of hydrogen-bond acceptors (Lipinski definition) is 3. The maximum absolute atomic E-state index is 11.9. The van der Waals surface area contributed by atoms with Crippen LogP contribution in [0.5, 0.6) is 5.75 Å². The van der Waals surface area contributed by atoms with E-state index < -0.39 is 6.04 Å². The zero-order valence-electron chi connectivity index (χ0n) is 13.2. The second-order valence-corrected chi connectivity index (χ2v) is 5.21. The van der Waals surface area contributed by atoms with Gasteiger partial charge in [-0.15, -0.1) is 0 Å². The van der Waals surface area contributed by atoms with Gasteiger partial charge in [-0.1, -0.05) is 48.0 Å². The Kier molecular flexibility index (Phi) is 6.44. The first-order valence-corrected chi connectivity index (χ1v) is 7.58. The van der Waals surface area contributed by atoms with Crippen molar-refractivity contribution >= 4 is 6.03 Å². The number of amides is 2. The third kappa shape index (κ3) is 5.64. The summed E-state index contributed by atoms with van der Waals surface area (Å²) >= 11 is 0. The summed E-state index contributed by atoms with van der Waals surface area (Å²) in [6, 6.07) is 16.3. The molecule has 0 aliphatic rings. The van der Waals surface area contributed by atoms with Gasteiger partial charge in [0.1, 0.15) is 12.4 Å². The number of carbonyl (C=O) groups excluding carboxylic acids is 1. The number of nitrogens with one attached hydrogen (secondary N) is 2. The Morgan fingerprint density at radius 1 is 1.13 bits per heavy atom. The Balaban J connectivity index is 1.71. The first-order chi connectivity index (χ1) is 11.2. The molecule has 0 aliphatic carbocycles. The molecule has 0 spiro atoms. The number of aliphatic hydroxyl groups excluding tert-OH is 1. The van der Waals surface area contributed by atoms with Crippen LogP contribution >= 0.6 is 0 Å². The van der Waals surface area contributed by atoms with E-state index in [1.54, 1.807) is 0 Å². The summed E-state index contributed by atoms with van der Waals surface area (Å²) in [5.74, 6) is 0.773. The van der Waals surface area contributed by atoms with Gasteiger partial charge in [-0.05, 0) is 24.6 Å². The van der Waals surface area contributed by atoms with Crippen molar-refractivity contribution in [3.05, 3.63) is 65.7 Å². The minimum atomic E-state index is -0.422. The van der Waals surface area contributed by atoms with Crippen molar-refractivity contribution in [2.24, 2.45) is 0 Å². The molecule has 5 nitrogen and oxygen atoms in total. The Hall–Kier alpha value is -2.53. The van der Waals surface area contributed by atoms with Gasteiger partial charge in [0.15, 0.2) is 0 Å². The fraction of sp³-hybridized carbons (Fsp3) is 0.278. The minimum absolute atomic E-state index is 0.155. The van der Waals surface area contributed by atoms with Gasteiger partial charge in [-0.25, -0.2) is 4.79 Å². The lowest BCUT2D eigenvalue weighted by Gasteiger charge is -2.17. The monoisotopic (exact) mass is 314 g/mol. The highest BCUT2D eigenvalue weighted by molar-refractivity contribution is 5.74. The highest BCUT2D eigenvalue weighted by atomic mass is 16.5. The van der Waals surface area contributed by atoms with E-state index in [0.29, 0.717) is 13.2 Å². The first-order valence-electron chi connectivity index (χ1n) is 7.58. The standard InChI is InChI=1S/C18H22N2O3/c1-14-7-9-16(10-8-14)23-12-11-19-18(22)20-17(13-21)15-5-3-2-4-6-15/h2-10,17,21H,11-13H2,1H3,(H2,19,20,22). The molecule has 2 aromatic rings. The van der Waals surface area contributed by atoms with Gasteiger partial charge in [0.05, 0.1) is 19.2 Å². The lowest BCUT2D eigenvalue weighted by atomic mass is 10.1. The molecule has 122 valence electrons. The van der Waals surface area contributed by atoms with Crippen molar-refractivity contribution in [2.45, 2.75) is 13.0 Å². The summed E-state index contributed by atoms with van der Waals surface area (Å²) in [5, 5.41) is 14.8. The predicted molar refractivity (Wildman–Crippen MR) is 89.5 cm³/mol. The maximum Gasteiger partial charge on any atom is 0.315 e. The van der Waals surface area contributed by atoms with Crippen LogP contribution in [0.25, 0.3) is 0 Å². The highest BCUT2D eigenvalue weighted by Crippen LogP contribution is 2.12. The maximum atomic E-state index is 11.9. The molecule has 0 bridgehead atoms. The van der Waals surface area contributed by atoms with Gasteiger partial charge < -0.3 is 20.5 Å². The molecule has 0 saturated heterocycles. The van der Waals surface area contributed by atoms with E-state index in [2.05, 4.69) is 10.6 Å². The molecule has 3 N–H and O–H groups in total. The van der Waals surface area contributed by atoms with Crippen LogP contribution in [-0.2, 0) is 0 Å². The van der Waals surface area contributed by atoms with Crippen LogP contribution in [0.4, 0.5) is 4.79 Å². The third-order valence-electron chi connectivity index (χ3n) is 3.37. The second-order valence-electron chi connectivity index (χ2n) is 5.21. The fourth-order valence-corrected chi connectivity index (χ4v) is 2.10. The number of urea groups is 1. The molecule has 0 saturated carbocycles. The summed E-state index contributed by atoms with van der Waals surface area (Å²) in [7, 11) is 0. The fourth-order valence-electron chi connectivity index (χ4n) is 2.10. The van der Waals surface area contributed by atoms with Crippen LogP contribution in [0, 0.1) is 6.92 Å². The van der Waals surface area contributed by atoms with E-state index in [-0.39, 0.29) is 12.6 Å². The van der Waals surface area contributed by atoms with E-state index in [0.717, 1.165) is 11.3 Å². The van der Waals surface area contributed by atoms with E-state index in [1.807, 2.05) is 61.5 Å². The van der Waals surface area contributed by atoms with Crippen LogP contribution in [0.3, 0.4) is 0 Å². The van der Waals surface area contributed by atoms with Gasteiger partial charge in [0, 0.05) is 0 Å². The summed E-state index contributed by atoms with van der Waals surface area (Å²) in [4.78, 5) is 11.9. The molecule has 5 heteroatoms. The molecular weight excluding hydrogens is 292 g/mol. The molecule has 0 aliphatic heterocycles. The van der Waals surface area contributed by atoms with Crippen LogP contribution in [0.15, 0.2) is 54.6 Å². The SMILES string of the molecule is Cc1ccc(OCCNC(=O)NC(CO)c2ccccc2)cc1. The van der Waals surface area contributed by atoms with Crippen LogP contribution in [-0.4, -0.2) is 30.9 Å². The molecule has 1 unspecified atom stereocenters. The van der Waals surface area contributed by atoms with E-state index in [9.17, 15) is 9.90 Å². The number of carbonyl (C=O) groups is 1. The summed E-state index contributed by atoms with van der Waals surface area (Å²) < 4.78 is 5.54. The minimum Gasteiger partial charge on any atom is -0.492 e. The molecule has 23 heavy (non-hydrogen) atoms. The first kappa shape index (κ1) is 16.8. The van der Waals surface area contributed by atoms with Crippen molar-refractivity contribution in [2.75, 3.05) is 19.8 Å². The highest BCUT2D eigenvalue weighted by Gasteiger charge is 2.12. The Morgan fingerprint density at radius 2 is 1.83 bits per heavy atom. The zero-order chi connectivity index (χ0) is 16.5. The number of aryl methyl sites for hydroxylation is 1. The topological polar surface area (TPSA) is 70.6 Å². The summed E-state index contributed by atoms with van der Waals surface area (Å²) in [6.45, 7) is 2.62. The van der Waals surface area contributed by atoms with Gasteiger partial charge in [-0.3, -0.25) is 0 Å². The van der Waals surface area contributed by atoms with Gasteiger partial charge in [-0.2, -0.15) is 0 Å². The number of aliphatic hydroxyl groups is 1. The molecule has 0 heterocycles. The zero-order valence-corrected chi connectivity index (χ0v) is 13.2. The molecule has 2 amide bonds. The van der Waals surface area contributed by atoms with E-state index in [4.69, 9.17) is 4.74 Å². The lowest BCUT2D eigenvalue weighted by molar-refractivity contribution is 0.214. The van der Waals surface area contributed by atoms with E-state index in [1.165, 1.54) is 5.56 Å². The van der Waals surface area contributed by atoms with Crippen molar-refractivity contribution in [3.8, 4) is 5.75 Å². The predicted octanol–water partition coefficient (Wildman–Crippen LogP) is 2.41. The Morgan fingerprint density at radius 3 is 2.48 bits per heavy atom. The van der Waals surface area contributed by atoms with Gasteiger partial charge >= 0.3 is 6.03 Å². The number of ether oxygens (including phenoxy) is 1. The molecule has 2 aromatic carbocycles. The van der Waals surface area contributed by atoms with Crippen LogP contribution < -0.4 is 15.4 Å². The van der Waals surface area contributed by atoms with Gasteiger partial charge in [0.2, 0.25) is 0 Å². The molecule has 0 radical (unpaired) electrons. The summed E-state index contributed by atoms with van der Waals surface area (Å²) in [5.41, 5.74) is 2.03. The van der Waals surface area contributed by atoms with Crippen LogP contribution in [0.2, 0.25) is 0 Å². The third-order valence-corrected chi connectivity index (χ3v) is 3.37. The van der Waals surface area contributed by atoms with Gasteiger partial charge in [0.25, 0.3) is 0 Å². The number of rotatable bonds is 7. The molecule has 0 fully saturated rings. The Bertz CT molecular complexity index is 599. The molecule has 1 atom stereocenters. The van der Waals surface area contributed by atoms with E-state index >= 15 is 0 Å². The lowest BCUT2D eigenvalue weighted by Crippen LogP contribution is -2.40.